The molecule has 1 aromatic heterocycles. The Bertz CT molecular complexity index is 561. The Morgan fingerprint density at radius 2 is 1.89 bits per heavy atom. The van der Waals surface area contributed by atoms with Gasteiger partial charge in [-0.3, -0.25) is 0 Å². The number of thiocarbonyl (C=S) groups is 1. The van der Waals surface area contributed by atoms with Crippen molar-refractivity contribution in [2.75, 3.05) is 14.2 Å². The number of rotatable bonds is 3. The zero-order valence-corrected chi connectivity index (χ0v) is 11.3. The van der Waals surface area contributed by atoms with Gasteiger partial charge in [-0.15, -0.1) is 0 Å². The molecule has 0 spiro atoms. The first-order chi connectivity index (χ1) is 8.65. The van der Waals surface area contributed by atoms with Crippen molar-refractivity contribution >= 4 is 17.3 Å². The van der Waals surface area contributed by atoms with E-state index in [1.54, 1.807) is 18.9 Å². The summed E-state index contributed by atoms with van der Waals surface area (Å²) < 4.78 is 12.0. The summed E-state index contributed by atoms with van der Waals surface area (Å²) in [5.41, 5.74) is 2.58. The van der Waals surface area contributed by atoms with E-state index in [9.17, 15) is 0 Å². The van der Waals surface area contributed by atoms with Gasteiger partial charge in [-0.05, 0) is 49.5 Å². The minimum absolute atomic E-state index is 0.423. The maximum atomic E-state index is 5.16. The van der Waals surface area contributed by atoms with Crippen LogP contribution in [0.2, 0.25) is 0 Å². The van der Waals surface area contributed by atoms with Crippen LogP contribution in [-0.4, -0.2) is 29.1 Å². The van der Waals surface area contributed by atoms with Crippen LogP contribution in [0.25, 0.3) is 5.69 Å². The van der Waals surface area contributed by atoms with E-state index in [1.165, 1.54) is 0 Å². The largest absolute Gasteiger partial charge is 0.497 e. The van der Waals surface area contributed by atoms with Crippen molar-refractivity contribution in [3.05, 3.63) is 41.7 Å². The van der Waals surface area contributed by atoms with Gasteiger partial charge in [0.2, 0.25) is 5.05 Å². The maximum absolute atomic E-state index is 5.16. The van der Waals surface area contributed by atoms with Crippen LogP contribution in [0.5, 0.6) is 5.75 Å². The van der Waals surface area contributed by atoms with Crippen LogP contribution in [-0.2, 0) is 4.74 Å². The molecule has 0 unspecified atom stereocenters. The summed E-state index contributed by atoms with van der Waals surface area (Å²) in [7, 11) is 3.20. The summed E-state index contributed by atoms with van der Waals surface area (Å²) >= 11 is 5.16. The summed E-state index contributed by atoms with van der Waals surface area (Å²) in [6.45, 7) is 1.92. The molecular formula is C13H14N2O2S. The highest BCUT2D eigenvalue weighted by atomic mass is 32.1. The number of ether oxygens (including phenoxy) is 2. The van der Waals surface area contributed by atoms with Gasteiger partial charge in [0.25, 0.3) is 0 Å². The highest BCUT2D eigenvalue weighted by Gasteiger charge is 2.12. The number of nitrogens with zero attached hydrogens (tertiary/aromatic N) is 2. The normalized spacial score (nSPS) is 10.2. The van der Waals surface area contributed by atoms with E-state index in [1.807, 2.05) is 37.3 Å². The molecule has 0 aliphatic carbocycles. The van der Waals surface area contributed by atoms with E-state index >= 15 is 0 Å². The van der Waals surface area contributed by atoms with Crippen molar-refractivity contribution in [2.24, 2.45) is 0 Å². The topological polar surface area (TPSA) is 36.3 Å². The molecule has 94 valence electrons. The Hall–Kier alpha value is -1.88. The second kappa shape index (κ2) is 5.18. The zero-order chi connectivity index (χ0) is 13.1. The third kappa shape index (κ3) is 2.36. The van der Waals surface area contributed by atoms with Crippen LogP contribution in [0.15, 0.2) is 30.3 Å². The maximum Gasteiger partial charge on any atom is 0.210 e. The summed E-state index contributed by atoms with van der Waals surface area (Å²) in [6, 6.07) is 9.51. The second-order valence-corrected chi connectivity index (χ2v) is 4.14. The zero-order valence-electron chi connectivity index (χ0n) is 10.5. The lowest BCUT2D eigenvalue weighted by Gasteiger charge is -2.08. The number of hydrogen-bond donors (Lipinski definition) is 0. The van der Waals surface area contributed by atoms with E-state index in [-0.39, 0.29) is 0 Å². The summed E-state index contributed by atoms with van der Waals surface area (Å²) in [6.07, 6.45) is 0. The number of methoxy groups -OCH3 is 2. The predicted molar refractivity (Wildman–Crippen MR) is 73.6 cm³/mol. The quantitative estimate of drug-likeness (QED) is 0.796. The molecule has 4 nitrogen and oxygen atoms in total. The van der Waals surface area contributed by atoms with Crippen LogP contribution in [0.3, 0.4) is 0 Å². The lowest BCUT2D eigenvalue weighted by atomic mass is 10.3. The van der Waals surface area contributed by atoms with Gasteiger partial charge in [-0.1, -0.05) is 0 Å². The van der Waals surface area contributed by atoms with Crippen LogP contribution in [0.1, 0.15) is 11.4 Å². The van der Waals surface area contributed by atoms with Crippen LogP contribution in [0.4, 0.5) is 0 Å². The van der Waals surface area contributed by atoms with Crippen molar-refractivity contribution in [2.45, 2.75) is 6.92 Å². The Balaban J connectivity index is 2.45. The van der Waals surface area contributed by atoms with Gasteiger partial charge in [0.05, 0.1) is 25.6 Å². The van der Waals surface area contributed by atoms with Gasteiger partial charge in [0.15, 0.2) is 0 Å². The summed E-state index contributed by atoms with van der Waals surface area (Å²) in [5, 5.41) is 4.84. The molecule has 0 saturated heterocycles. The number of aromatic nitrogens is 2. The average Bonchev–Trinajstić information content (AvgIpc) is 2.80. The molecule has 1 aromatic carbocycles. The van der Waals surface area contributed by atoms with Crippen LogP contribution >= 0.6 is 12.2 Å². The molecule has 2 rings (SSSR count). The third-order valence-electron chi connectivity index (χ3n) is 2.54. The molecule has 18 heavy (non-hydrogen) atoms. The predicted octanol–water partition coefficient (Wildman–Crippen LogP) is 2.51. The Labute approximate surface area is 111 Å². The van der Waals surface area contributed by atoms with E-state index in [2.05, 4.69) is 5.10 Å². The average molecular weight is 262 g/mol. The first-order valence-electron chi connectivity index (χ1n) is 5.45. The lowest BCUT2D eigenvalue weighted by Crippen LogP contribution is -2.09. The first-order valence-corrected chi connectivity index (χ1v) is 5.86. The second-order valence-electron chi connectivity index (χ2n) is 3.77. The molecule has 0 aliphatic rings. The summed E-state index contributed by atoms with van der Waals surface area (Å²) in [4.78, 5) is 0. The fourth-order valence-electron chi connectivity index (χ4n) is 1.67. The molecule has 0 atom stereocenters. The van der Waals surface area contributed by atoms with Gasteiger partial charge in [-0.2, -0.15) is 5.10 Å². The molecule has 0 aliphatic heterocycles. The third-order valence-corrected chi connectivity index (χ3v) is 2.92. The highest BCUT2D eigenvalue weighted by Crippen LogP contribution is 2.17. The van der Waals surface area contributed by atoms with Gasteiger partial charge in [0, 0.05) is 0 Å². The number of benzene rings is 1. The molecule has 0 amide bonds. The molecular weight excluding hydrogens is 248 g/mol. The van der Waals surface area contributed by atoms with Crippen molar-refractivity contribution in [1.82, 2.24) is 9.78 Å². The van der Waals surface area contributed by atoms with Crippen molar-refractivity contribution in [3.8, 4) is 11.4 Å². The Morgan fingerprint density at radius 1 is 1.22 bits per heavy atom. The van der Waals surface area contributed by atoms with E-state index < -0.39 is 0 Å². The number of hydrogen-bond acceptors (Lipinski definition) is 4. The minimum atomic E-state index is 0.423. The van der Waals surface area contributed by atoms with Crippen LogP contribution < -0.4 is 4.74 Å². The molecule has 1 heterocycles. The standard InChI is InChI=1S/C13H14N2O2S/c1-9-8-12(13(18)17-3)15(14-9)10-4-6-11(16-2)7-5-10/h4-8H,1-3H3. The SMILES string of the molecule is COC(=S)c1cc(C)nn1-c1ccc(OC)cc1. The molecule has 5 heteroatoms. The van der Waals surface area contributed by atoms with Crippen molar-refractivity contribution < 1.29 is 9.47 Å². The molecule has 0 saturated carbocycles. The van der Waals surface area contributed by atoms with Gasteiger partial charge >= 0.3 is 0 Å². The van der Waals surface area contributed by atoms with E-state index in [0.717, 1.165) is 22.8 Å². The van der Waals surface area contributed by atoms with Gasteiger partial charge in [0.1, 0.15) is 11.4 Å². The van der Waals surface area contributed by atoms with Crippen LogP contribution in [0, 0.1) is 6.92 Å². The lowest BCUT2D eigenvalue weighted by molar-refractivity contribution is 0.413. The summed E-state index contributed by atoms with van der Waals surface area (Å²) in [5.74, 6) is 0.804. The highest BCUT2D eigenvalue weighted by molar-refractivity contribution is 7.80. The van der Waals surface area contributed by atoms with Crippen molar-refractivity contribution in [3.63, 3.8) is 0 Å². The minimum Gasteiger partial charge on any atom is -0.497 e. The van der Waals surface area contributed by atoms with Gasteiger partial charge < -0.3 is 9.47 Å². The van der Waals surface area contributed by atoms with Gasteiger partial charge in [-0.25, -0.2) is 4.68 Å². The number of aryl methyl sites for hydroxylation is 1. The van der Waals surface area contributed by atoms with E-state index in [4.69, 9.17) is 21.7 Å². The smallest absolute Gasteiger partial charge is 0.210 e. The van der Waals surface area contributed by atoms with E-state index in [0.29, 0.717) is 5.05 Å². The molecule has 0 N–H and O–H groups in total. The Morgan fingerprint density at radius 3 is 2.44 bits per heavy atom. The monoisotopic (exact) mass is 262 g/mol. The van der Waals surface area contributed by atoms with Crippen molar-refractivity contribution in [1.29, 1.82) is 0 Å². The fourth-order valence-corrected chi connectivity index (χ4v) is 1.82. The Kier molecular flexibility index (Phi) is 3.62. The fraction of sp³-hybridized carbons (Fsp3) is 0.231. The molecule has 2 aromatic rings. The first kappa shape index (κ1) is 12.6. The molecule has 0 radical (unpaired) electrons. The molecule has 0 fully saturated rings. The molecule has 0 bridgehead atoms.